The molecule has 3 nitrogen and oxygen atoms in total. The number of benzene rings is 1. The second kappa shape index (κ2) is 8.24. The maximum Gasteiger partial charge on any atom is 0.159 e. The van der Waals surface area contributed by atoms with Crippen LogP contribution in [0, 0.1) is 46.3 Å². The summed E-state index contributed by atoms with van der Waals surface area (Å²) in [6.07, 6.45) is 10.3. The molecule has 1 N–H and O–H groups in total. The molecule has 4 fully saturated rings. The number of hydrogen-bond acceptors (Lipinski definition) is 3. The first kappa shape index (κ1) is 23.1. The molecule has 1 aromatic carbocycles. The number of fused-ring (bicyclic) bond motifs is 5. The highest BCUT2D eigenvalue weighted by Crippen LogP contribution is 2.68. The van der Waals surface area contributed by atoms with Crippen molar-refractivity contribution in [3.05, 3.63) is 35.4 Å². The summed E-state index contributed by atoms with van der Waals surface area (Å²) in [6, 6.07) is 7.66. The van der Waals surface area contributed by atoms with Gasteiger partial charge in [-0.15, -0.1) is 0 Å². The average Bonchev–Trinajstić information content (AvgIpc) is 3.11. The van der Waals surface area contributed by atoms with Gasteiger partial charge in [-0.05, 0) is 106 Å². The highest BCUT2D eigenvalue weighted by atomic mass is 16.5. The fraction of sp³-hybridized carbons (Fsp3) is 0.700. The summed E-state index contributed by atoms with van der Waals surface area (Å²) in [5.74, 6) is 10.0. The van der Waals surface area contributed by atoms with E-state index in [0.29, 0.717) is 17.3 Å². The lowest BCUT2D eigenvalue weighted by Crippen LogP contribution is -2.57. The van der Waals surface area contributed by atoms with Gasteiger partial charge < -0.3 is 9.84 Å². The summed E-state index contributed by atoms with van der Waals surface area (Å²) in [5, 5.41) is 10.3. The molecule has 33 heavy (non-hydrogen) atoms. The molecule has 4 saturated carbocycles. The van der Waals surface area contributed by atoms with Crippen LogP contribution < -0.4 is 0 Å². The molecule has 0 amide bonds. The minimum Gasteiger partial charge on any atom is -0.393 e. The molecule has 4 aliphatic carbocycles. The van der Waals surface area contributed by atoms with Crippen molar-refractivity contribution in [1.82, 2.24) is 0 Å². The fourth-order valence-corrected chi connectivity index (χ4v) is 8.79. The fourth-order valence-electron chi connectivity index (χ4n) is 8.79. The Labute approximate surface area is 199 Å². The van der Waals surface area contributed by atoms with Crippen molar-refractivity contribution in [2.75, 3.05) is 7.11 Å². The van der Waals surface area contributed by atoms with Gasteiger partial charge in [0.1, 0.15) is 5.60 Å². The monoisotopic (exact) mass is 448 g/mol. The van der Waals surface area contributed by atoms with Crippen molar-refractivity contribution in [1.29, 1.82) is 0 Å². The summed E-state index contributed by atoms with van der Waals surface area (Å²) < 4.78 is 6.32. The average molecular weight is 449 g/mol. The predicted octanol–water partition coefficient (Wildman–Crippen LogP) is 6.03. The Hall–Kier alpha value is -1.63. The first-order chi connectivity index (χ1) is 15.7. The van der Waals surface area contributed by atoms with Crippen molar-refractivity contribution in [2.45, 2.75) is 90.3 Å². The van der Waals surface area contributed by atoms with E-state index in [1.807, 2.05) is 31.4 Å². The Morgan fingerprint density at radius 1 is 1.00 bits per heavy atom. The van der Waals surface area contributed by atoms with E-state index in [1.165, 1.54) is 38.5 Å². The third-order valence-corrected chi connectivity index (χ3v) is 10.8. The van der Waals surface area contributed by atoms with E-state index in [2.05, 4.69) is 25.7 Å². The molecule has 3 heteroatoms. The zero-order valence-corrected chi connectivity index (χ0v) is 20.8. The molecule has 0 aliphatic heterocycles. The van der Waals surface area contributed by atoms with Gasteiger partial charge in [0.15, 0.2) is 5.78 Å². The summed E-state index contributed by atoms with van der Waals surface area (Å²) in [6.45, 7) is 6.60. The molecule has 3 unspecified atom stereocenters. The summed E-state index contributed by atoms with van der Waals surface area (Å²) >= 11 is 0. The Bertz CT molecular complexity index is 970. The maximum absolute atomic E-state index is 11.6. The van der Waals surface area contributed by atoms with E-state index < -0.39 is 5.60 Å². The minimum absolute atomic E-state index is 0.0760. The molecular weight excluding hydrogens is 408 g/mol. The van der Waals surface area contributed by atoms with Gasteiger partial charge in [0, 0.05) is 23.7 Å². The number of ether oxygens (including phenoxy) is 1. The molecule has 0 bridgehead atoms. The maximum atomic E-state index is 11.6. The van der Waals surface area contributed by atoms with Crippen LogP contribution in [0.5, 0.6) is 0 Å². The number of ketones is 1. The third-order valence-electron chi connectivity index (χ3n) is 10.8. The van der Waals surface area contributed by atoms with Crippen molar-refractivity contribution in [3.63, 3.8) is 0 Å². The Kier molecular flexibility index (Phi) is 5.78. The Morgan fingerprint density at radius 2 is 1.73 bits per heavy atom. The van der Waals surface area contributed by atoms with Crippen LogP contribution >= 0.6 is 0 Å². The smallest absolute Gasteiger partial charge is 0.159 e. The Morgan fingerprint density at radius 3 is 2.42 bits per heavy atom. The number of carbonyl (C=O) groups excluding carboxylic acids is 1. The van der Waals surface area contributed by atoms with Crippen molar-refractivity contribution < 1.29 is 14.6 Å². The van der Waals surface area contributed by atoms with Gasteiger partial charge in [-0.2, -0.15) is 0 Å². The predicted molar refractivity (Wildman–Crippen MR) is 131 cm³/mol. The molecule has 0 radical (unpaired) electrons. The number of methoxy groups -OCH3 is 1. The van der Waals surface area contributed by atoms with Crippen molar-refractivity contribution in [3.8, 4) is 11.8 Å². The molecule has 5 rings (SSSR count). The molecule has 0 aromatic heterocycles. The minimum atomic E-state index is -0.400. The molecule has 0 saturated heterocycles. The van der Waals surface area contributed by atoms with Gasteiger partial charge in [0.2, 0.25) is 0 Å². The van der Waals surface area contributed by atoms with Gasteiger partial charge in [-0.3, -0.25) is 4.79 Å². The number of carbonyl (C=O) groups is 1. The second-order valence-electron chi connectivity index (χ2n) is 12.0. The number of rotatable bonds is 2. The summed E-state index contributed by atoms with van der Waals surface area (Å²) in [7, 11) is 1.86. The standard InChI is InChI=1S/C30H40O3/c1-20(31)22-7-5-21(6-8-22)11-17-30(33-4)18-14-27-25-10-9-23-19-24(32)12-15-28(23,2)26(25)13-16-29(27,30)3/h5-8,23-27,32H,9-10,12-16,18-19H2,1-4H3/t23?,24?,25-,26-,27+,28+,29+,30?/m1/s1. The largest absolute Gasteiger partial charge is 0.393 e. The molecule has 0 heterocycles. The van der Waals surface area contributed by atoms with Crippen LogP contribution in [-0.4, -0.2) is 29.7 Å². The lowest BCUT2D eigenvalue weighted by Gasteiger charge is -2.61. The van der Waals surface area contributed by atoms with Gasteiger partial charge in [-0.1, -0.05) is 37.8 Å². The highest BCUT2D eigenvalue weighted by Gasteiger charge is 2.65. The van der Waals surface area contributed by atoms with E-state index in [1.54, 1.807) is 6.92 Å². The zero-order chi connectivity index (χ0) is 23.4. The van der Waals surface area contributed by atoms with E-state index in [-0.39, 0.29) is 17.3 Å². The molecule has 1 aromatic rings. The quantitative estimate of drug-likeness (QED) is 0.444. The highest BCUT2D eigenvalue weighted by molar-refractivity contribution is 5.94. The molecule has 8 atom stereocenters. The van der Waals surface area contributed by atoms with Crippen LogP contribution in [0.15, 0.2) is 24.3 Å². The number of Topliss-reactive ketones (excluding diaryl/α,β-unsaturated/α-hetero) is 1. The molecule has 178 valence electrons. The zero-order valence-electron chi connectivity index (χ0n) is 20.8. The molecule has 0 spiro atoms. The summed E-state index contributed by atoms with van der Waals surface area (Å²) in [4.78, 5) is 11.6. The van der Waals surface area contributed by atoms with E-state index >= 15 is 0 Å². The van der Waals surface area contributed by atoms with Crippen LogP contribution in [-0.2, 0) is 4.74 Å². The van der Waals surface area contributed by atoms with Crippen LogP contribution in [0.1, 0.15) is 94.5 Å². The molecular formula is C30H40O3. The molecule has 4 aliphatic rings. The van der Waals surface area contributed by atoms with Gasteiger partial charge in [0.25, 0.3) is 0 Å². The van der Waals surface area contributed by atoms with Gasteiger partial charge in [0.05, 0.1) is 6.10 Å². The van der Waals surface area contributed by atoms with Gasteiger partial charge in [-0.25, -0.2) is 0 Å². The second-order valence-corrected chi connectivity index (χ2v) is 12.0. The lowest BCUT2D eigenvalue weighted by atomic mass is 9.44. The summed E-state index contributed by atoms with van der Waals surface area (Å²) in [5.41, 5.74) is 1.75. The van der Waals surface area contributed by atoms with Crippen molar-refractivity contribution >= 4 is 5.78 Å². The number of aliphatic hydroxyl groups excluding tert-OH is 1. The number of hydrogen-bond donors (Lipinski definition) is 1. The van der Waals surface area contributed by atoms with Crippen LogP contribution in [0.4, 0.5) is 0 Å². The van der Waals surface area contributed by atoms with Crippen LogP contribution in [0.2, 0.25) is 0 Å². The first-order valence-electron chi connectivity index (χ1n) is 13.1. The number of aliphatic hydroxyl groups is 1. The SMILES string of the molecule is COC1(C#Cc2ccc(C(C)=O)cc2)CC[C@H]2[C@@H]3CCC4CC(O)CC[C@]4(C)[C@@H]3CC[C@@]21C. The normalized spacial score (nSPS) is 44.1. The van der Waals surface area contributed by atoms with E-state index in [4.69, 9.17) is 4.74 Å². The van der Waals surface area contributed by atoms with Gasteiger partial charge >= 0.3 is 0 Å². The lowest BCUT2D eigenvalue weighted by molar-refractivity contribution is -0.151. The van der Waals surface area contributed by atoms with Crippen LogP contribution in [0.25, 0.3) is 0 Å². The third kappa shape index (κ3) is 3.52. The van der Waals surface area contributed by atoms with Crippen LogP contribution in [0.3, 0.4) is 0 Å². The Balaban J connectivity index is 1.42. The van der Waals surface area contributed by atoms with E-state index in [0.717, 1.165) is 42.2 Å². The van der Waals surface area contributed by atoms with Crippen molar-refractivity contribution in [2.24, 2.45) is 34.5 Å². The topological polar surface area (TPSA) is 46.5 Å². The van der Waals surface area contributed by atoms with E-state index in [9.17, 15) is 9.90 Å². The first-order valence-corrected chi connectivity index (χ1v) is 13.1.